The van der Waals surface area contributed by atoms with Gasteiger partial charge in [0.15, 0.2) is 5.75 Å². The summed E-state index contributed by atoms with van der Waals surface area (Å²) in [7, 11) is 0. The summed E-state index contributed by atoms with van der Waals surface area (Å²) in [5.74, 6) is -0.969. The van der Waals surface area contributed by atoms with Gasteiger partial charge in [-0.3, -0.25) is 4.79 Å². The topological polar surface area (TPSA) is 112 Å². The zero-order chi connectivity index (χ0) is 22.8. The van der Waals surface area contributed by atoms with Crippen LogP contribution < -0.4 is 26.3 Å². The highest BCUT2D eigenvalue weighted by molar-refractivity contribution is 6.37. The molecule has 5 N–H and O–H groups in total. The fourth-order valence-electron chi connectivity index (χ4n) is 2.41. The maximum absolute atomic E-state index is 12.5. The van der Waals surface area contributed by atoms with Crippen LogP contribution in [0.5, 0.6) is 17.2 Å². The first-order valence-electron chi connectivity index (χ1n) is 8.37. The van der Waals surface area contributed by atoms with E-state index in [4.69, 9.17) is 39.4 Å². The number of aromatic nitrogens is 1. The van der Waals surface area contributed by atoms with Crippen LogP contribution in [0.2, 0.25) is 10.0 Å². The fraction of sp³-hybridized carbons (Fsp3) is 0.0526. The number of alkyl halides is 3. The van der Waals surface area contributed by atoms with Crippen LogP contribution in [0.15, 0.2) is 48.7 Å². The number of nitrogen functional groups attached to an aromatic ring is 2. The number of rotatable bonds is 5. The number of amides is 1. The third kappa shape index (κ3) is 5.62. The molecule has 31 heavy (non-hydrogen) atoms. The van der Waals surface area contributed by atoms with Crippen LogP contribution >= 0.6 is 23.2 Å². The SMILES string of the molecule is Nc1nccc(Oc2cc(NC(=O)c3cccc(OC(F)(F)F)c3)c(Cl)cc2Cl)c1N. The lowest BCUT2D eigenvalue weighted by atomic mass is 10.2. The zero-order valence-electron chi connectivity index (χ0n) is 15.3. The number of anilines is 3. The smallest absolute Gasteiger partial charge is 0.453 e. The van der Waals surface area contributed by atoms with Crippen LogP contribution in [0, 0.1) is 0 Å². The van der Waals surface area contributed by atoms with Crippen LogP contribution in [0.25, 0.3) is 0 Å². The number of pyridine rings is 1. The Kier molecular flexibility index (Phi) is 6.32. The van der Waals surface area contributed by atoms with E-state index in [0.717, 1.165) is 12.1 Å². The van der Waals surface area contributed by atoms with Crippen LogP contribution in [0.4, 0.5) is 30.4 Å². The van der Waals surface area contributed by atoms with E-state index in [9.17, 15) is 18.0 Å². The van der Waals surface area contributed by atoms with E-state index in [-0.39, 0.29) is 44.3 Å². The lowest BCUT2D eigenvalue weighted by Gasteiger charge is -2.14. The molecule has 0 aliphatic carbocycles. The van der Waals surface area contributed by atoms with Gasteiger partial charge in [0, 0.05) is 23.9 Å². The van der Waals surface area contributed by atoms with Crippen molar-refractivity contribution in [2.24, 2.45) is 0 Å². The average Bonchev–Trinajstić information content (AvgIpc) is 2.67. The minimum absolute atomic E-state index is 0.0528. The molecule has 3 rings (SSSR count). The standard InChI is InChI=1S/C19H13Cl2F3N4O3/c20-11-7-12(21)15(30-14-4-5-27-17(26)16(14)25)8-13(11)28-18(29)9-2-1-3-10(6-9)31-19(22,23)24/h1-8H,25H2,(H2,26,27)(H,28,29). The number of nitrogens with zero attached hydrogens (tertiary/aromatic N) is 1. The van der Waals surface area contributed by atoms with Gasteiger partial charge in [-0.1, -0.05) is 29.3 Å². The third-order valence-electron chi connectivity index (χ3n) is 3.80. The molecule has 7 nitrogen and oxygen atoms in total. The second-order valence-electron chi connectivity index (χ2n) is 6.00. The molecule has 0 atom stereocenters. The number of nitrogens with two attached hydrogens (primary N) is 2. The molecule has 0 bridgehead atoms. The van der Waals surface area contributed by atoms with Gasteiger partial charge in [-0.15, -0.1) is 13.2 Å². The van der Waals surface area contributed by atoms with E-state index in [2.05, 4.69) is 15.0 Å². The quantitative estimate of drug-likeness (QED) is 0.452. The minimum Gasteiger partial charge on any atom is -0.453 e. The molecule has 1 aromatic heterocycles. The van der Waals surface area contributed by atoms with E-state index >= 15 is 0 Å². The molecular weight excluding hydrogens is 460 g/mol. The highest BCUT2D eigenvalue weighted by atomic mass is 35.5. The number of nitrogens with one attached hydrogen (secondary N) is 1. The molecule has 0 saturated carbocycles. The lowest BCUT2D eigenvalue weighted by Crippen LogP contribution is -2.18. The largest absolute Gasteiger partial charge is 0.573 e. The second-order valence-corrected chi connectivity index (χ2v) is 6.82. The Balaban J connectivity index is 1.85. The van der Waals surface area contributed by atoms with Crippen molar-refractivity contribution in [2.45, 2.75) is 6.36 Å². The Morgan fingerprint density at radius 3 is 2.48 bits per heavy atom. The van der Waals surface area contributed by atoms with Crippen LogP contribution in [0.3, 0.4) is 0 Å². The number of ether oxygens (including phenoxy) is 2. The van der Waals surface area contributed by atoms with Crippen molar-refractivity contribution in [1.82, 2.24) is 4.98 Å². The number of carbonyl (C=O) groups excluding carboxylic acids is 1. The molecule has 1 amide bonds. The van der Waals surface area contributed by atoms with Crippen LogP contribution in [-0.2, 0) is 0 Å². The number of carbonyl (C=O) groups is 1. The van der Waals surface area contributed by atoms with Crippen molar-refractivity contribution in [2.75, 3.05) is 16.8 Å². The van der Waals surface area contributed by atoms with Crippen molar-refractivity contribution in [3.63, 3.8) is 0 Å². The molecule has 1 heterocycles. The summed E-state index contributed by atoms with van der Waals surface area (Å²) < 4.78 is 46.7. The molecule has 0 saturated heterocycles. The molecule has 0 radical (unpaired) electrons. The molecular formula is C19H13Cl2F3N4O3. The molecule has 12 heteroatoms. The average molecular weight is 473 g/mol. The Labute approximate surface area is 183 Å². The molecule has 0 spiro atoms. The van der Waals surface area contributed by atoms with Crippen molar-refractivity contribution in [3.8, 4) is 17.2 Å². The molecule has 3 aromatic rings. The normalized spacial score (nSPS) is 11.1. The summed E-state index contributed by atoms with van der Waals surface area (Å²) in [5.41, 5.74) is 11.5. The second kappa shape index (κ2) is 8.78. The first-order valence-corrected chi connectivity index (χ1v) is 9.13. The molecule has 0 unspecified atom stereocenters. The summed E-state index contributed by atoms with van der Waals surface area (Å²) in [6.45, 7) is 0. The summed E-state index contributed by atoms with van der Waals surface area (Å²) in [6.07, 6.45) is -3.51. The molecule has 0 aliphatic rings. The lowest BCUT2D eigenvalue weighted by molar-refractivity contribution is -0.274. The third-order valence-corrected chi connectivity index (χ3v) is 4.41. The van der Waals surface area contributed by atoms with E-state index < -0.39 is 18.0 Å². The first kappa shape index (κ1) is 22.3. The van der Waals surface area contributed by atoms with E-state index in [1.54, 1.807) is 0 Å². The highest BCUT2D eigenvalue weighted by Crippen LogP contribution is 2.39. The molecule has 0 aliphatic heterocycles. The van der Waals surface area contributed by atoms with Crippen molar-refractivity contribution < 1.29 is 27.4 Å². The van der Waals surface area contributed by atoms with E-state index in [1.165, 1.54) is 36.5 Å². The predicted molar refractivity (Wildman–Crippen MR) is 111 cm³/mol. The Morgan fingerprint density at radius 2 is 1.77 bits per heavy atom. The van der Waals surface area contributed by atoms with Crippen LogP contribution in [0.1, 0.15) is 10.4 Å². The Bertz CT molecular complexity index is 1140. The Morgan fingerprint density at radius 1 is 1.03 bits per heavy atom. The summed E-state index contributed by atoms with van der Waals surface area (Å²) in [6, 6.07) is 8.65. The van der Waals surface area contributed by atoms with Gasteiger partial charge >= 0.3 is 6.36 Å². The van der Waals surface area contributed by atoms with Gasteiger partial charge in [-0.05, 0) is 24.3 Å². The summed E-state index contributed by atoms with van der Waals surface area (Å²) in [4.78, 5) is 16.3. The van der Waals surface area contributed by atoms with Gasteiger partial charge in [0.2, 0.25) is 0 Å². The van der Waals surface area contributed by atoms with Crippen molar-refractivity contribution >= 4 is 46.3 Å². The molecule has 162 valence electrons. The first-order chi connectivity index (χ1) is 14.5. The van der Waals surface area contributed by atoms with E-state index in [0.29, 0.717) is 0 Å². The minimum atomic E-state index is -4.89. The Hall–Kier alpha value is -3.37. The van der Waals surface area contributed by atoms with Crippen molar-refractivity contribution in [3.05, 3.63) is 64.3 Å². The van der Waals surface area contributed by atoms with Crippen molar-refractivity contribution in [1.29, 1.82) is 0 Å². The van der Waals surface area contributed by atoms with Gasteiger partial charge in [0.25, 0.3) is 5.91 Å². The van der Waals surface area contributed by atoms with Crippen LogP contribution in [-0.4, -0.2) is 17.3 Å². The number of benzene rings is 2. The monoisotopic (exact) mass is 472 g/mol. The maximum atomic E-state index is 12.5. The summed E-state index contributed by atoms with van der Waals surface area (Å²) in [5, 5.41) is 2.66. The van der Waals surface area contributed by atoms with Gasteiger partial charge in [0.05, 0.1) is 15.7 Å². The van der Waals surface area contributed by atoms with Gasteiger partial charge in [-0.25, -0.2) is 4.98 Å². The zero-order valence-corrected chi connectivity index (χ0v) is 16.8. The molecule has 0 fully saturated rings. The van der Waals surface area contributed by atoms with E-state index in [1.807, 2.05) is 0 Å². The maximum Gasteiger partial charge on any atom is 0.573 e. The van der Waals surface area contributed by atoms with Gasteiger partial charge in [0.1, 0.15) is 23.0 Å². The number of halogens is 5. The number of hydrogen-bond acceptors (Lipinski definition) is 6. The fourth-order valence-corrected chi connectivity index (χ4v) is 2.88. The van der Waals surface area contributed by atoms with Gasteiger partial charge < -0.3 is 26.3 Å². The van der Waals surface area contributed by atoms with Gasteiger partial charge in [-0.2, -0.15) is 0 Å². The summed E-state index contributed by atoms with van der Waals surface area (Å²) >= 11 is 12.3. The number of hydrogen-bond donors (Lipinski definition) is 3. The predicted octanol–water partition coefficient (Wildman–Crippen LogP) is 5.50. The molecule has 2 aromatic carbocycles. The highest BCUT2D eigenvalue weighted by Gasteiger charge is 2.31.